The molecule has 0 bridgehead atoms. The number of para-hydroxylation sites is 1. The Morgan fingerprint density at radius 3 is 2.56 bits per heavy atom. The largest absolute Gasteiger partial charge is 0.497 e. The first-order chi connectivity index (χ1) is 19.0. The van der Waals surface area contributed by atoms with Gasteiger partial charge in [0.1, 0.15) is 23.9 Å². The van der Waals surface area contributed by atoms with E-state index in [0.29, 0.717) is 18.0 Å². The summed E-state index contributed by atoms with van der Waals surface area (Å²) in [6, 6.07) is 20.4. The zero-order valence-electron chi connectivity index (χ0n) is 23.0. The van der Waals surface area contributed by atoms with Crippen LogP contribution in [-0.4, -0.2) is 60.6 Å². The molecule has 2 aliphatic rings. The Hall–Kier alpha value is -3.58. The van der Waals surface area contributed by atoms with E-state index in [1.807, 2.05) is 17.0 Å². The Balaban J connectivity index is 1.33. The zero-order chi connectivity index (χ0) is 27.1. The average molecular weight is 529 g/mol. The number of benzene rings is 2. The fourth-order valence-corrected chi connectivity index (χ4v) is 6.07. The van der Waals surface area contributed by atoms with Crippen molar-refractivity contribution in [3.8, 4) is 11.5 Å². The first kappa shape index (κ1) is 27.0. The molecule has 2 aliphatic heterocycles. The second-order valence-electron chi connectivity index (χ2n) is 11.0. The van der Waals surface area contributed by atoms with Crippen molar-refractivity contribution in [3.05, 3.63) is 83.6 Å². The molecule has 0 radical (unpaired) electrons. The molecule has 0 aliphatic carbocycles. The monoisotopic (exact) mass is 528 g/mol. The van der Waals surface area contributed by atoms with Crippen LogP contribution in [-0.2, 0) is 13.0 Å². The molecule has 1 aromatic heterocycles. The Bertz CT molecular complexity index is 1240. The normalized spacial score (nSPS) is 18.3. The minimum Gasteiger partial charge on any atom is -0.497 e. The number of pyridine rings is 1. The molecule has 0 saturated carbocycles. The van der Waals surface area contributed by atoms with Crippen LogP contribution in [0.4, 0.5) is 5.82 Å². The smallest absolute Gasteiger partial charge is 0.257 e. The van der Waals surface area contributed by atoms with E-state index in [4.69, 9.17) is 15.2 Å². The maximum atomic E-state index is 13.2. The van der Waals surface area contributed by atoms with Gasteiger partial charge in [0.2, 0.25) is 0 Å². The highest BCUT2D eigenvalue weighted by atomic mass is 16.5. The number of carbonyl (C=O) groups is 1. The number of aryl methyl sites for hydroxylation is 1. The molecular formula is C32H40N4O3. The molecule has 206 valence electrons. The number of hydrogen-bond acceptors (Lipinski definition) is 6. The van der Waals surface area contributed by atoms with Crippen molar-refractivity contribution >= 4 is 11.7 Å². The lowest BCUT2D eigenvalue weighted by molar-refractivity contribution is 0.0361. The van der Waals surface area contributed by atoms with Crippen molar-refractivity contribution in [1.29, 1.82) is 0 Å². The van der Waals surface area contributed by atoms with Crippen molar-refractivity contribution < 1.29 is 14.3 Å². The summed E-state index contributed by atoms with van der Waals surface area (Å²) in [7, 11) is 1.70. The molecule has 2 N–H and O–H groups in total. The minimum atomic E-state index is -0.0105. The van der Waals surface area contributed by atoms with E-state index >= 15 is 0 Å². The second kappa shape index (κ2) is 12.5. The summed E-state index contributed by atoms with van der Waals surface area (Å²) in [4.78, 5) is 21.9. The number of hydrogen-bond donors (Lipinski definition) is 1. The number of nitrogens with two attached hydrogens (primary N) is 1. The Morgan fingerprint density at radius 2 is 1.79 bits per heavy atom. The third kappa shape index (κ3) is 6.71. The molecule has 2 aromatic carbocycles. The topological polar surface area (TPSA) is 80.9 Å². The zero-order valence-corrected chi connectivity index (χ0v) is 23.0. The first-order valence-electron chi connectivity index (χ1n) is 14.1. The summed E-state index contributed by atoms with van der Waals surface area (Å²) in [6.07, 6.45) is 8.08. The Morgan fingerprint density at radius 1 is 1.00 bits per heavy atom. The van der Waals surface area contributed by atoms with E-state index in [1.165, 1.54) is 11.1 Å². The van der Waals surface area contributed by atoms with Gasteiger partial charge in [-0.2, -0.15) is 0 Å². The third-order valence-electron chi connectivity index (χ3n) is 8.35. The number of methoxy groups -OCH3 is 1. The van der Waals surface area contributed by atoms with Crippen LogP contribution in [0, 0.1) is 5.41 Å². The molecule has 7 heteroatoms. The van der Waals surface area contributed by atoms with E-state index in [-0.39, 0.29) is 11.3 Å². The van der Waals surface area contributed by atoms with Crippen LogP contribution >= 0.6 is 0 Å². The van der Waals surface area contributed by atoms with Crippen LogP contribution in [0.25, 0.3) is 0 Å². The molecule has 1 saturated heterocycles. The van der Waals surface area contributed by atoms with Crippen LogP contribution in [0.5, 0.6) is 11.5 Å². The van der Waals surface area contributed by atoms with E-state index in [9.17, 15) is 4.79 Å². The van der Waals surface area contributed by atoms with Gasteiger partial charge in [-0.1, -0.05) is 36.8 Å². The van der Waals surface area contributed by atoms with Crippen LogP contribution < -0.4 is 15.2 Å². The molecule has 0 unspecified atom stereocenters. The van der Waals surface area contributed by atoms with Gasteiger partial charge in [0.25, 0.3) is 5.91 Å². The van der Waals surface area contributed by atoms with Crippen molar-refractivity contribution in [2.24, 2.45) is 5.41 Å². The van der Waals surface area contributed by atoms with Crippen molar-refractivity contribution in [1.82, 2.24) is 14.8 Å². The molecule has 1 amide bonds. The highest BCUT2D eigenvalue weighted by Gasteiger charge is 2.37. The third-order valence-corrected chi connectivity index (χ3v) is 8.35. The number of nitrogens with zero attached hydrogens (tertiary/aromatic N) is 3. The number of fused-ring (bicyclic) bond motifs is 1. The average Bonchev–Trinajstić information content (AvgIpc) is 2.96. The summed E-state index contributed by atoms with van der Waals surface area (Å²) >= 11 is 0. The standard InChI is InChI=1S/C32H40N4O3/c1-38-27-13-11-25(12-14-27)23-35-21-22-39-29-10-3-2-7-26(29)8-4-5-15-32(24-35)16-19-36(20-17-32)31(37)28-9-6-18-34-30(28)33/h2-3,6-7,9-14,18H,4-5,8,15-17,19-24H2,1H3,(H2,33,34). The molecule has 3 heterocycles. The predicted molar refractivity (Wildman–Crippen MR) is 154 cm³/mol. The molecule has 5 rings (SSSR count). The molecule has 7 nitrogen and oxygen atoms in total. The molecule has 0 atom stereocenters. The lowest BCUT2D eigenvalue weighted by Crippen LogP contribution is -2.48. The number of rotatable bonds is 4. The highest BCUT2D eigenvalue weighted by molar-refractivity contribution is 5.98. The van der Waals surface area contributed by atoms with E-state index < -0.39 is 0 Å². The number of aromatic nitrogens is 1. The number of anilines is 1. The van der Waals surface area contributed by atoms with E-state index in [1.54, 1.807) is 25.4 Å². The van der Waals surface area contributed by atoms with Crippen LogP contribution in [0.15, 0.2) is 66.9 Å². The first-order valence-corrected chi connectivity index (χ1v) is 14.1. The maximum Gasteiger partial charge on any atom is 0.257 e. The van der Waals surface area contributed by atoms with Gasteiger partial charge in [-0.3, -0.25) is 9.69 Å². The Labute approximate surface area is 231 Å². The number of ether oxygens (including phenoxy) is 2. The number of carbonyl (C=O) groups excluding carboxylic acids is 1. The summed E-state index contributed by atoms with van der Waals surface area (Å²) in [6.45, 7) is 4.81. The van der Waals surface area contributed by atoms with Crippen LogP contribution in [0.2, 0.25) is 0 Å². The van der Waals surface area contributed by atoms with Gasteiger partial charge in [-0.15, -0.1) is 0 Å². The van der Waals surface area contributed by atoms with Crippen molar-refractivity contribution in [3.63, 3.8) is 0 Å². The van der Waals surface area contributed by atoms with Gasteiger partial charge in [0.05, 0.1) is 12.7 Å². The maximum absolute atomic E-state index is 13.2. The second-order valence-corrected chi connectivity index (χ2v) is 11.0. The van der Waals surface area contributed by atoms with Gasteiger partial charge in [-0.25, -0.2) is 4.98 Å². The fraction of sp³-hybridized carbons (Fsp3) is 0.438. The predicted octanol–water partition coefficient (Wildman–Crippen LogP) is 5.20. The molecule has 39 heavy (non-hydrogen) atoms. The Kier molecular flexibility index (Phi) is 8.67. The molecule has 1 spiro atoms. The van der Waals surface area contributed by atoms with Crippen LogP contribution in [0.1, 0.15) is 53.6 Å². The number of piperidine rings is 1. The highest BCUT2D eigenvalue weighted by Crippen LogP contribution is 2.39. The summed E-state index contributed by atoms with van der Waals surface area (Å²) < 4.78 is 11.7. The molecular weight excluding hydrogens is 488 g/mol. The molecule has 3 aromatic rings. The fourth-order valence-electron chi connectivity index (χ4n) is 6.07. The lowest BCUT2D eigenvalue weighted by Gasteiger charge is -2.45. The molecule has 1 fully saturated rings. The van der Waals surface area contributed by atoms with Gasteiger partial charge < -0.3 is 20.1 Å². The van der Waals surface area contributed by atoms with E-state index in [2.05, 4.69) is 46.3 Å². The number of amides is 1. The van der Waals surface area contributed by atoms with Crippen molar-refractivity contribution in [2.75, 3.05) is 45.6 Å². The summed E-state index contributed by atoms with van der Waals surface area (Å²) in [5, 5.41) is 0. The number of nitrogen functional groups attached to an aromatic ring is 1. The minimum absolute atomic E-state index is 0.0105. The van der Waals surface area contributed by atoms with E-state index in [0.717, 1.165) is 82.7 Å². The number of likely N-dealkylation sites (tertiary alicyclic amines) is 1. The van der Waals surface area contributed by atoms with Crippen molar-refractivity contribution in [2.45, 2.75) is 45.1 Å². The SMILES string of the molecule is COc1ccc(CN2CCOc3ccccc3CCCCC3(CCN(C(=O)c4cccnc4N)CC3)C2)cc1. The van der Waals surface area contributed by atoms with Crippen LogP contribution in [0.3, 0.4) is 0 Å². The summed E-state index contributed by atoms with van der Waals surface area (Å²) in [5.41, 5.74) is 9.24. The van der Waals surface area contributed by atoms with Gasteiger partial charge in [0.15, 0.2) is 0 Å². The van der Waals surface area contributed by atoms with Gasteiger partial charge in [0, 0.05) is 38.9 Å². The lowest BCUT2D eigenvalue weighted by atomic mass is 9.73. The van der Waals surface area contributed by atoms with Gasteiger partial charge in [-0.05, 0) is 79.0 Å². The summed E-state index contributed by atoms with van der Waals surface area (Å²) in [5.74, 6) is 2.18. The quantitative estimate of drug-likeness (QED) is 0.501. The van der Waals surface area contributed by atoms with Gasteiger partial charge >= 0.3 is 0 Å².